The third kappa shape index (κ3) is 2.33. The maximum atomic E-state index is 14.4. The van der Waals surface area contributed by atoms with Crippen LogP contribution < -0.4 is 0 Å². The van der Waals surface area contributed by atoms with E-state index in [4.69, 9.17) is 0 Å². The van der Waals surface area contributed by atoms with Crippen LogP contribution in [-0.4, -0.2) is 37.4 Å². The Morgan fingerprint density at radius 3 is 2.43 bits per heavy atom. The lowest BCUT2D eigenvalue weighted by Crippen LogP contribution is -2.50. The largest absolute Gasteiger partial charge is 0.383 e. The first-order valence-electron chi connectivity index (χ1n) is 11.7. The summed E-state index contributed by atoms with van der Waals surface area (Å²) in [4.78, 5) is 14.6. The van der Waals surface area contributed by atoms with Crippen molar-refractivity contribution in [1.82, 2.24) is 15.0 Å². The molecule has 5 nitrogen and oxygen atoms in total. The summed E-state index contributed by atoms with van der Waals surface area (Å²) in [6.45, 7) is 2.55. The smallest absolute Gasteiger partial charge is 0.282 e. The van der Waals surface area contributed by atoms with Gasteiger partial charge in [-0.15, -0.1) is 0 Å². The quantitative estimate of drug-likeness (QED) is 0.811. The lowest BCUT2D eigenvalue weighted by atomic mass is 9.49. The van der Waals surface area contributed by atoms with E-state index in [0.29, 0.717) is 23.7 Å². The maximum Gasteiger partial charge on any atom is 0.282 e. The molecule has 0 bridgehead atoms. The molecule has 164 valence electrons. The Labute approximate surface area is 175 Å². The molecule has 0 spiro atoms. The van der Waals surface area contributed by atoms with E-state index in [9.17, 15) is 18.7 Å². The molecule has 0 radical (unpaired) electrons. The molecular weight excluding hydrogens is 388 g/mol. The van der Waals surface area contributed by atoms with E-state index in [0.717, 1.165) is 44.9 Å². The number of Topliss-reactive ketones (excluding diaryl/α,β-unsaturated/α-hetero) is 1. The fraction of sp³-hybridized carbons (Fsp3) is 0.870. The van der Waals surface area contributed by atoms with Gasteiger partial charge in [-0.3, -0.25) is 4.79 Å². The first-order valence-corrected chi connectivity index (χ1v) is 11.7. The summed E-state index contributed by atoms with van der Waals surface area (Å²) in [5, 5.41) is 18.6. The summed E-state index contributed by atoms with van der Waals surface area (Å²) in [5.74, 6) is -1.54. The summed E-state index contributed by atoms with van der Waals surface area (Å²) in [5.41, 5.74) is -1.70. The number of hydrogen-bond acceptors (Lipinski definition) is 4. The van der Waals surface area contributed by atoms with Crippen LogP contribution in [0.1, 0.15) is 58.3 Å². The summed E-state index contributed by atoms with van der Waals surface area (Å²) in [6, 6.07) is 0. The number of rotatable bonds is 3. The lowest BCUT2D eigenvalue weighted by Gasteiger charge is -2.55. The van der Waals surface area contributed by atoms with Gasteiger partial charge in [0.1, 0.15) is 12.1 Å². The molecule has 1 unspecified atom stereocenters. The van der Waals surface area contributed by atoms with Gasteiger partial charge in [0.05, 0.1) is 18.3 Å². The number of aliphatic hydroxyl groups is 1. The first-order chi connectivity index (χ1) is 14.3. The van der Waals surface area contributed by atoms with Gasteiger partial charge >= 0.3 is 0 Å². The predicted molar refractivity (Wildman–Crippen MR) is 104 cm³/mol. The fourth-order valence-electron chi connectivity index (χ4n) is 8.93. The van der Waals surface area contributed by atoms with Crippen molar-refractivity contribution in [2.24, 2.45) is 46.8 Å². The maximum absolute atomic E-state index is 14.4. The summed E-state index contributed by atoms with van der Waals surface area (Å²) in [6.07, 6.45) is 10.1. The highest BCUT2D eigenvalue weighted by atomic mass is 19.3. The minimum Gasteiger partial charge on any atom is -0.383 e. The molecule has 0 aliphatic heterocycles. The van der Waals surface area contributed by atoms with Crippen LogP contribution in [0.3, 0.4) is 0 Å². The van der Waals surface area contributed by atoms with Crippen LogP contribution >= 0.6 is 0 Å². The third-order valence-corrected chi connectivity index (χ3v) is 10.3. The zero-order valence-electron chi connectivity index (χ0n) is 17.5. The summed E-state index contributed by atoms with van der Waals surface area (Å²) >= 11 is 0. The molecule has 0 aromatic carbocycles. The van der Waals surface area contributed by atoms with Crippen LogP contribution in [0.4, 0.5) is 8.78 Å². The van der Waals surface area contributed by atoms with E-state index < -0.39 is 17.4 Å². The molecule has 0 saturated heterocycles. The highest BCUT2D eigenvalue weighted by molar-refractivity contribution is 5.81. The van der Waals surface area contributed by atoms with Gasteiger partial charge < -0.3 is 5.11 Å². The molecule has 7 heteroatoms. The van der Waals surface area contributed by atoms with Crippen LogP contribution in [0.5, 0.6) is 0 Å². The Morgan fingerprint density at radius 1 is 1.00 bits per heavy atom. The van der Waals surface area contributed by atoms with E-state index in [2.05, 4.69) is 17.1 Å². The number of alkyl halides is 2. The fourth-order valence-corrected chi connectivity index (χ4v) is 8.93. The van der Waals surface area contributed by atoms with Gasteiger partial charge in [0.15, 0.2) is 5.78 Å². The molecule has 6 rings (SSSR count). The Balaban J connectivity index is 1.21. The van der Waals surface area contributed by atoms with Gasteiger partial charge in [-0.1, -0.05) is 6.92 Å². The molecule has 5 aliphatic rings. The topological polar surface area (TPSA) is 68.0 Å². The zero-order valence-corrected chi connectivity index (χ0v) is 17.5. The van der Waals surface area contributed by atoms with Gasteiger partial charge in [0, 0.05) is 5.92 Å². The minimum absolute atomic E-state index is 0.0111. The molecule has 9 atom stereocenters. The number of aromatic nitrogens is 3. The number of hydrogen-bond donors (Lipinski definition) is 1. The molecule has 1 N–H and O–H groups in total. The van der Waals surface area contributed by atoms with Crippen molar-refractivity contribution in [2.75, 3.05) is 0 Å². The normalized spacial score (nSPS) is 50.7. The number of nitrogens with zero attached hydrogens (tertiary/aromatic N) is 3. The Morgan fingerprint density at radius 2 is 1.67 bits per heavy atom. The Kier molecular flexibility index (Phi) is 3.94. The molecule has 5 aliphatic carbocycles. The number of carbonyl (C=O) groups is 1. The van der Waals surface area contributed by atoms with E-state index in [-0.39, 0.29) is 36.0 Å². The number of carbonyl (C=O) groups excluding carboxylic acids is 1. The van der Waals surface area contributed by atoms with Crippen molar-refractivity contribution in [3.05, 3.63) is 12.4 Å². The Hall–Kier alpha value is -1.37. The highest BCUT2D eigenvalue weighted by Gasteiger charge is 2.84. The van der Waals surface area contributed by atoms with Gasteiger partial charge in [-0.05, 0) is 86.4 Å². The predicted octanol–water partition coefficient (Wildman–Crippen LogP) is 3.72. The summed E-state index contributed by atoms with van der Waals surface area (Å²) in [7, 11) is 0. The average Bonchev–Trinajstić information content (AvgIpc) is 3.13. The zero-order chi connectivity index (χ0) is 20.9. The van der Waals surface area contributed by atoms with Gasteiger partial charge in [0.25, 0.3) is 5.92 Å². The van der Waals surface area contributed by atoms with E-state index in [1.807, 2.05) is 0 Å². The second-order valence-electron chi connectivity index (χ2n) is 11.1. The molecule has 0 amide bonds. The van der Waals surface area contributed by atoms with Crippen molar-refractivity contribution in [3.63, 3.8) is 0 Å². The monoisotopic (exact) mass is 419 g/mol. The minimum atomic E-state index is -2.88. The average molecular weight is 420 g/mol. The van der Waals surface area contributed by atoms with Gasteiger partial charge in [0.2, 0.25) is 0 Å². The van der Waals surface area contributed by atoms with Crippen LogP contribution in [0.15, 0.2) is 12.4 Å². The van der Waals surface area contributed by atoms with Crippen LogP contribution in [0.2, 0.25) is 0 Å². The number of fused-ring (bicyclic) bond motifs is 7. The number of halogens is 2. The van der Waals surface area contributed by atoms with Crippen molar-refractivity contribution < 1.29 is 18.7 Å². The van der Waals surface area contributed by atoms with E-state index in [1.54, 1.807) is 12.4 Å². The molecule has 1 aromatic heterocycles. The van der Waals surface area contributed by atoms with Gasteiger partial charge in [-0.25, -0.2) is 8.78 Å². The van der Waals surface area contributed by atoms with E-state index in [1.165, 1.54) is 4.80 Å². The SMILES string of the molecule is C[C@]12CC[C@@H]3[C@H]4CC[C@@]5(O)C([C@@H]4CC[C@H]3[C@@H]1CC[C@@H]2C(=O)Cn1nccn1)C5(F)F. The van der Waals surface area contributed by atoms with Crippen LogP contribution in [0.25, 0.3) is 0 Å². The molecular formula is C23H31F2N3O2. The van der Waals surface area contributed by atoms with Crippen LogP contribution in [-0.2, 0) is 11.3 Å². The van der Waals surface area contributed by atoms with Crippen molar-refractivity contribution in [3.8, 4) is 0 Å². The van der Waals surface area contributed by atoms with Crippen molar-refractivity contribution >= 4 is 5.78 Å². The molecule has 30 heavy (non-hydrogen) atoms. The van der Waals surface area contributed by atoms with Crippen LogP contribution in [0, 0.1) is 46.8 Å². The van der Waals surface area contributed by atoms with Crippen molar-refractivity contribution in [1.29, 1.82) is 0 Å². The molecule has 1 aromatic rings. The second kappa shape index (κ2) is 6.11. The second-order valence-corrected chi connectivity index (χ2v) is 11.1. The summed E-state index contributed by atoms with van der Waals surface area (Å²) < 4.78 is 28.7. The highest BCUT2D eigenvalue weighted by Crippen LogP contribution is 2.73. The number of ketones is 1. The lowest BCUT2D eigenvalue weighted by molar-refractivity contribution is -0.132. The molecule has 5 saturated carbocycles. The third-order valence-electron chi connectivity index (χ3n) is 10.3. The molecule has 1 heterocycles. The first kappa shape index (κ1) is 19.3. The molecule has 5 fully saturated rings. The van der Waals surface area contributed by atoms with Crippen molar-refractivity contribution in [2.45, 2.75) is 76.4 Å². The van der Waals surface area contributed by atoms with E-state index >= 15 is 0 Å². The Bertz CT molecular complexity index is 861. The standard InChI is InChI=1S/C23H31F2N3O2/c1-21-8-6-13-14-7-9-22(30)20(23(22,24)25)16(14)3-2-15(13)17(21)4-5-18(21)19(29)12-28-26-10-11-27-28/h10-11,13-18,20,30H,2-9,12H2,1H3/t13-,14-,15-,16-,17+,18-,20?,21+,22-/m1/s1. The van der Waals surface area contributed by atoms with Gasteiger partial charge in [-0.2, -0.15) is 15.0 Å².